The van der Waals surface area contributed by atoms with Crippen molar-refractivity contribution in [3.8, 4) is 27.6 Å². The molecule has 0 spiro atoms. The summed E-state index contributed by atoms with van der Waals surface area (Å²) in [7, 11) is 0. The molecule has 4 rings (SSSR count). The van der Waals surface area contributed by atoms with Crippen LogP contribution in [-0.2, 0) is 0 Å². The first-order chi connectivity index (χ1) is 13.1. The average Bonchev–Trinajstić information content (AvgIpc) is 3.16. The maximum Gasteiger partial charge on any atom is 0.346 e. The van der Waals surface area contributed by atoms with Gasteiger partial charge in [-0.3, -0.25) is 0 Å². The van der Waals surface area contributed by atoms with E-state index in [1.165, 1.54) is 11.3 Å². The topological polar surface area (TPSA) is 52.3 Å². The molecule has 4 nitrogen and oxygen atoms in total. The quantitative estimate of drug-likeness (QED) is 0.339. The molecule has 0 aliphatic carbocycles. The summed E-state index contributed by atoms with van der Waals surface area (Å²) < 4.78 is 11.1. The van der Waals surface area contributed by atoms with Crippen molar-refractivity contribution in [3.63, 3.8) is 0 Å². The lowest BCUT2D eigenvalue weighted by molar-refractivity contribution is 0.352. The summed E-state index contributed by atoms with van der Waals surface area (Å²) in [4.78, 5) is 17.1. The molecule has 0 saturated carbocycles. The molecule has 4 aromatic rings. The van der Waals surface area contributed by atoms with Gasteiger partial charge >= 0.3 is 5.63 Å². The van der Waals surface area contributed by atoms with Crippen LogP contribution in [0.3, 0.4) is 0 Å². The summed E-state index contributed by atoms with van der Waals surface area (Å²) in [5, 5.41) is 3.42. The zero-order chi connectivity index (χ0) is 18.8. The fourth-order valence-electron chi connectivity index (χ4n) is 2.68. The lowest BCUT2D eigenvalue weighted by Gasteiger charge is -2.06. The van der Waals surface area contributed by atoms with E-state index >= 15 is 0 Å². The first kappa shape index (κ1) is 17.2. The minimum absolute atomic E-state index is 0.409. The number of benzene rings is 2. The van der Waals surface area contributed by atoms with Gasteiger partial charge in [0.1, 0.15) is 22.9 Å². The number of rotatable bonds is 5. The van der Waals surface area contributed by atoms with Crippen LogP contribution in [0.2, 0.25) is 0 Å². The minimum atomic E-state index is -0.409. The molecule has 2 aromatic carbocycles. The van der Waals surface area contributed by atoms with Gasteiger partial charge in [0.05, 0.1) is 11.3 Å². The van der Waals surface area contributed by atoms with Gasteiger partial charge < -0.3 is 9.15 Å². The number of hydrogen-bond donors (Lipinski definition) is 0. The number of thiazole rings is 1. The molecule has 0 aliphatic rings. The Morgan fingerprint density at radius 2 is 2.00 bits per heavy atom. The van der Waals surface area contributed by atoms with E-state index < -0.39 is 5.63 Å². The predicted molar refractivity (Wildman–Crippen MR) is 109 cm³/mol. The summed E-state index contributed by atoms with van der Waals surface area (Å²) in [5.74, 6) is 0.641. The highest BCUT2D eigenvalue weighted by Gasteiger charge is 2.13. The molecule has 0 N–H and O–H groups in total. The van der Waals surface area contributed by atoms with Crippen molar-refractivity contribution in [2.45, 2.75) is 6.92 Å². The van der Waals surface area contributed by atoms with Crippen LogP contribution in [-0.4, -0.2) is 11.6 Å². The molecule has 134 valence electrons. The van der Waals surface area contributed by atoms with Crippen molar-refractivity contribution in [1.82, 2.24) is 4.98 Å². The molecule has 0 amide bonds. The predicted octanol–water partition coefficient (Wildman–Crippen LogP) is 5.54. The lowest BCUT2D eigenvalue weighted by Crippen LogP contribution is -2.03. The monoisotopic (exact) mass is 375 g/mol. The van der Waals surface area contributed by atoms with Gasteiger partial charge in [-0.15, -0.1) is 11.3 Å². The van der Waals surface area contributed by atoms with Gasteiger partial charge in [0.25, 0.3) is 0 Å². The number of hydrogen-bond acceptors (Lipinski definition) is 5. The maximum absolute atomic E-state index is 12.5. The van der Waals surface area contributed by atoms with E-state index in [9.17, 15) is 4.79 Å². The molecule has 0 atom stereocenters. The Balaban J connectivity index is 1.70. The standard InChI is InChI=1S/C22H17NO3S/c1-14(2)12-25-17-9-8-16-10-18(22(24)26-20(16)11-17)21-23-19(13-27-21)15-6-4-3-5-7-15/h3-11,13H,1,12H2,2H3. The van der Waals surface area contributed by atoms with Crippen molar-refractivity contribution < 1.29 is 9.15 Å². The Morgan fingerprint density at radius 1 is 1.19 bits per heavy atom. The van der Waals surface area contributed by atoms with E-state index in [-0.39, 0.29) is 0 Å². The third-order valence-electron chi connectivity index (χ3n) is 4.00. The van der Waals surface area contributed by atoms with Gasteiger partial charge in [-0.25, -0.2) is 9.78 Å². The van der Waals surface area contributed by atoms with Crippen molar-refractivity contribution in [2.24, 2.45) is 0 Å². The Hall–Kier alpha value is -3.18. The van der Waals surface area contributed by atoms with Crippen LogP contribution in [0.15, 0.2) is 81.3 Å². The van der Waals surface area contributed by atoms with Gasteiger partial charge in [-0.1, -0.05) is 36.9 Å². The van der Waals surface area contributed by atoms with Crippen molar-refractivity contribution >= 4 is 22.3 Å². The van der Waals surface area contributed by atoms with E-state index in [0.717, 1.165) is 22.2 Å². The highest BCUT2D eigenvalue weighted by molar-refractivity contribution is 7.13. The summed E-state index contributed by atoms with van der Waals surface area (Å²) in [6, 6.07) is 17.1. The molecule has 0 fully saturated rings. The second kappa shape index (κ2) is 7.21. The van der Waals surface area contributed by atoms with Gasteiger partial charge in [0, 0.05) is 22.4 Å². The van der Waals surface area contributed by atoms with Gasteiger partial charge in [0.15, 0.2) is 0 Å². The van der Waals surface area contributed by atoms with Crippen molar-refractivity contribution in [1.29, 1.82) is 0 Å². The summed E-state index contributed by atoms with van der Waals surface area (Å²) in [6.07, 6.45) is 0. The van der Waals surface area contributed by atoms with Gasteiger partial charge in [-0.2, -0.15) is 0 Å². The van der Waals surface area contributed by atoms with Crippen LogP contribution in [0.4, 0.5) is 0 Å². The summed E-state index contributed by atoms with van der Waals surface area (Å²) in [5.41, 5.74) is 3.33. The van der Waals surface area contributed by atoms with Crippen LogP contribution in [0.25, 0.3) is 32.8 Å². The zero-order valence-electron chi connectivity index (χ0n) is 14.8. The van der Waals surface area contributed by atoms with Crippen LogP contribution in [0.1, 0.15) is 6.92 Å². The summed E-state index contributed by atoms with van der Waals surface area (Å²) in [6.45, 7) is 6.13. The maximum atomic E-state index is 12.5. The molecule has 5 heteroatoms. The third-order valence-corrected chi connectivity index (χ3v) is 4.87. The second-order valence-electron chi connectivity index (χ2n) is 6.30. The van der Waals surface area contributed by atoms with Crippen molar-refractivity contribution in [3.05, 3.63) is 82.5 Å². The van der Waals surface area contributed by atoms with E-state index in [0.29, 0.717) is 28.5 Å². The van der Waals surface area contributed by atoms with E-state index in [1.54, 1.807) is 6.07 Å². The first-order valence-corrected chi connectivity index (χ1v) is 9.34. The van der Waals surface area contributed by atoms with E-state index in [4.69, 9.17) is 9.15 Å². The SMILES string of the molecule is C=C(C)COc1ccc2cc(-c3nc(-c4ccccc4)cs3)c(=O)oc2c1. The Kier molecular flexibility index (Phi) is 4.60. The third kappa shape index (κ3) is 3.68. The second-order valence-corrected chi connectivity index (χ2v) is 7.15. The molecule has 2 heterocycles. The average molecular weight is 375 g/mol. The Morgan fingerprint density at radius 3 is 2.78 bits per heavy atom. The minimum Gasteiger partial charge on any atom is -0.489 e. The number of fused-ring (bicyclic) bond motifs is 1. The molecule has 27 heavy (non-hydrogen) atoms. The molecule has 0 unspecified atom stereocenters. The van der Waals surface area contributed by atoms with Crippen LogP contribution >= 0.6 is 11.3 Å². The molecule has 0 aliphatic heterocycles. The fraction of sp³-hybridized carbons (Fsp3) is 0.0909. The van der Waals surface area contributed by atoms with Crippen LogP contribution in [0, 0.1) is 0 Å². The normalized spacial score (nSPS) is 10.9. The molecular weight excluding hydrogens is 358 g/mol. The molecule has 0 saturated heterocycles. The van der Waals surface area contributed by atoms with Crippen LogP contribution in [0.5, 0.6) is 5.75 Å². The molecular formula is C22H17NO3S. The smallest absolute Gasteiger partial charge is 0.346 e. The van der Waals surface area contributed by atoms with Gasteiger partial charge in [0.2, 0.25) is 0 Å². The van der Waals surface area contributed by atoms with E-state index in [1.807, 2.05) is 60.8 Å². The van der Waals surface area contributed by atoms with Crippen LogP contribution < -0.4 is 10.4 Å². The largest absolute Gasteiger partial charge is 0.489 e. The van der Waals surface area contributed by atoms with Gasteiger partial charge in [-0.05, 0) is 30.7 Å². The fourth-order valence-corrected chi connectivity index (χ4v) is 3.51. The molecule has 2 aromatic heterocycles. The molecule has 0 bridgehead atoms. The zero-order valence-corrected chi connectivity index (χ0v) is 15.6. The number of ether oxygens (including phenoxy) is 1. The number of aromatic nitrogens is 1. The van der Waals surface area contributed by atoms with E-state index in [2.05, 4.69) is 11.6 Å². The Labute approximate surface area is 160 Å². The highest BCUT2D eigenvalue weighted by Crippen LogP contribution is 2.29. The van der Waals surface area contributed by atoms with Crippen molar-refractivity contribution in [2.75, 3.05) is 6.61 Å². The lowest BCUT2D eigenvalue weighted by atomic mass is 10.1. The first-order valence-electron chi connectivity index (χ1n) is 8.46. The highest BCUT2D eigenvalue weighted by atomic mass is 32.1. The Bertz CT molecular complexity index is 1180. The molecule has 0 radical (unpaired) electrons. The number of nitrogens with zero attached hydrogens (tertiary/aromatic N) is 1. The summed E-state index contributed by atoms with van der Waals surface area (Å²) >= 11 is 1.43.